The predicted octanol–water partition coefficient (Wildman–Crippen LogP) is 5.36. The van der Waals surface area contributed by atoms with Crippen LogP contribution in [-0.4, -0.2) is 79.4 Å². The number of benzene rings is 3. The quantitative estimate of drug-likeness (QED) is 0.412. The molecule has 2 saturated heterocycles. The van der Waals surface area contributed by atoms with Crippen molar-refractivity contribution in [3.05, 3.63) is 76.8 Å². The summed E-state index contributed by atoms with van der Waals surface area (Å²) < 4.78 is 33.5. The molecule has 2 heterocycles. The second-order valence-electron chi connectivity index (χ2n) is 11.4. The number of carbonyl (C=O) groups is 2. The number of fused-ring (bicyclic) bond motifs is 1. The van der Waals surface area contributed by atoms with Crippen LogP contribution in [0.2, 0.25) is 5.02 Å². The Morgan fingerprint density at radius 3 is 2.17 bits per heavy atom. The first-order valence-corrected chi connectivity index (χ1v) is 15.3. The maximum absolute atomic E-state index is 13.3. The number of ether oxygens (including phenoxy) is 1. The van der Waals surface area contributed by atoms with Gasteiger partial charge in [0.1, 0.15) is 5.60 Å². The molecule has 2 aliphatic rings. The molecule has 10 heteroatoms. The average molecular weight is 584 g/mol. The van der Waals surface area contributed by atoms with E-state index in [2.05, 4.69) is 0 Å². The predicted molar refractivity (Wildman–Crippen MR) is 155 cm³/mol. The van der Waals surface area contributed by atoms with Gasteiger partial charge in [0.25, 0.3) is 5.91 Å². The maximum atomic E-state index is 13.3. The van der Waals surface area contributed by atoms with Crippen molar-refractivity contribution in [2.75, 3.05) is 39.3 Å². The summed E-state index contributed by atoms with van der Waals surface area (Å²) >= 11 is 6.05. The van der Waals surface area contributed by atoms with Gasteiger partial charge in [0.2, 0.25) is 10.0 Å². The topological polar surface area (TPSA) is 87.2 Å². The number of nitrogens with zero attached hydrogens (tertiary/aromatic N) is 3. The van der Waals surface area contributed by atoms with Crippen LogP contribution in [0, 0.1) is 0 Å². The molecule has 0 spiro atoms. The highest BCUT2D eigenvalue weighted by Gasteiger charge is 2.32. The molecule has 1 unspecified atom stereocenters. The summed E-state index contributed by atoms with van der Waals surface area (Å²) in [5.41, 5.74) is 1.12. The number of carbonyl (C=O) groups excluding carboxylic acids is 2. The van der Waals surface area contributed by atoms with Gasteiger partial charge in [-0.15, -0.1) is 0 Å². The van der Waals surface area contributed by atoms with Crippen molar-refractivity contribution in [2.45, 2.75) is 43.6 Å². The first-order valence-electron chi connectivity index (χ1n) is 13.5. The van der Waals surface area contributed by atoms with Gasteiger partial charge in [-0.05, 0) is 79.9 Å². The SMILES string of the molecule is CC(C)(C)OC(=O)N1CCC(c2ccc(C(=O)N3CCN(S(=O)(=O)c4ccc5cc(Cl)ccc5c4)CC3)cc2)C1. The van der Waals surface area contributed by atoms with E-state index in [1.54, 1.807) is 40.1 Å². The summed E-state index contributed by atoms with van der Waals surface area (Å²) in [4.78, 5) is 29.2. The third kappa shape index (κ3) is 6.11. The van der Waals surface area contributed by atoms with Crippen LogP contribution in [0.4, 0.5) is 4.79 Å². The molecule has 0 aliphatic carbocycles. The Balaban J connectivity index is 1.18. The van der Waals surface area contributed by atoms with E-state index in [-0.39, 0.29) is 35.9 Å². The van der Waals surface area contributed by atoms with E-state index in [1.807, 2.05) is 51.1 Å². The molecule has 0 bridgehead atoms. The van der Waals surface area contributed by atoms with Crippen LogP contribution >= 0.6 is 11.6 Å². The molecule has 212 valence electrons. The van der Waals surface area contributed by atoms with E-state index < -0.39 is 15.6 Å². The minimum Gasteiger partial charge on any atom is -0.444 e. The molecule has 0 radical (unpaired) electrons. The summed E-state index contributed by atoms with van der Waals surface area (Å²) in [5, 5.41) is 2.28. The summed E-state index contributed by atoms with van der Waals surface area (Å²) in [6.45, 7) is 7.89. The van der Waals surface area contributed by atoms with E-state index in [9.17, 15) is 18.0 Å². The van der Waals surface area contributed by atoms with Crippen LogP contribution < -0.4 is 0 Å². The first kappa shape index (κ1) is 28.4. The highest BCUT2D eigenvalue weighted by Crippen LogP contribution is 2.29. The number of halogens is 1. The molecule has 40 heavy (non-hydrogen) atoms. The lowest BCUT2D eigenvalue weighted by Crippen LogP contribution is -2.50. The highest BCUT2D eigenvalue weighted by atomic mass is 35.5. The summed E-state index contributed by atoms with van der Waals surface area (Å²) in [5.74, 6) is 0.0745. The first-order chi connectivity index (χ1) is 18.9. The van der Waals surface area contributed by atoms with E-state index >= 15 is 0 Å². The minimum atomic E-state index is -3.69. The fraction of sp³-hybridized carbons (Fsp3) is 0.400. The molecule has 2 fully saturated rings. The van der Waals surface area contributed by atoms with Crippen molar-refractivity contribution in [2.24, 2.45) is 0 Å². The lowest BCUT2D eigenvalue weighted by Gasteiger charge is -2.34. The average Bonchev–Trinajstić information content (AvgIpc) is 3.42. The lowest BCUT2D eigenvalue weighted by atomic mass is 9.97. The summed E-state index contributed by atoms with van der Waals surface area (Å²) in [6, 6.07) is 17.9. The zero-order valence-electron chi connectivity index (χ0n) is 23.0. The minimum absolute atomic E-state index is 0.118. The molecule has 5 rings (SSSR count). The summed E-state index contributed by atoms with van der Waals surface area (Å²) in [6.07, 6.45) is 0.543. The van der Waals surface area contributed by atoms with Crippen molar-refractivity contribution >= 4 is 44.4 Å². The number of piperazine rings is 1. The highest BCUT2D eigenvalue weighted by molar-refractivity contribution is 7.89. The number of hydrogen-bond donors (Lipinski definition) is 0. The monoisotopic (exact) mass is 583 g/mol. The Hall–Kier alpha value is -3.14. The number of sulfonamides is 1. The normalized spacial score (nSPS) is 18.8. The Morgan fingerprint density at radius 1 is 0.850 bits per heavy atom. The van der Waals surface area contributed by atoms with Crippen LogP contribution in [0.3, 0.4) is 0 Å². The van der Waals surface area contributed by atoms with Gasteiger partial charge in [0.15, 0.2) is 0 Å². The third-order valence-electron chi connectivity index (χ3n) is 7.41. The molecule has 8 nitrogen and oxygen atoms in total. The van der Waals surface area contributed by atoms with Crippen molar-refractivity contribution in [1.29, 1.82) is 0 Å². The van der Waals surface area contributed by atoms with Gasteiger partial charge in [-0.1, -0.05) is 35.9 Å². The van der Waals surface area contributed by atoms with Crippen LogP contribution in [0.5, 0.6) is 0 Å². The maximum Gasteiger partial charge on any atom is 0.410 e. The number of rotatable bonds is 4. The Labute approximate surface area is 240 Å². The van der Waals surface area contributed by atoms with Crippen LogP contribution in [0.15, 0.2) is 65.6 Å². The Kier molecular flexibility index (Phi) is 7.83. The van der Waals surface area contributed by atoms with E-state index in [0.717, 1.165) is 22.8 Å². The molecular formula is C30H34ClN3O5S. The molecule has 3 aromatic rings. The zero-order valence-corrected chi connectivity index (χ0v) is 24.5. The van der Waals surface area contributed by atoms with Gasteiger partial charge in [-0.3, -0.25) is 4.79 Å². The number of amides is 2. The van der Waals surface area contributed by atoms with Crippen LogP contribution in [0.1, 0.15) is 49.0 Å². The molecule has 0 N–H and O–H groups in total. The van der Waals surface area contributed by atoms with Crippen LogP contribution in [-0.2, 0) is 14.8 Å². The van der Waals surface area contributed by atoms with E-state index in [1.165, 1.54) is 4.31 Å². The lowest BCUT2D eigenvalue weighted by molar-refractivity contribution is 0.0292. The Bertz CT molecular complexity index is 1530. The second-order valence-corrected chi connectivity index (χ2v) is 13.8. The smallest absolute Gasteiger partial charge is 0.410 e. The number of likely N-dealkylation sites (tertiary alicyclic amines) is 1. The molecule has 0 aromatic heterocycles. The molecule has 2 aliphatic heterocycles. The second kappa shape index (κ2) is 11.0. The van der Waals surface area contributed by atoms with Gasteiger partial charge >= 0.3 is 6.09 Å². The van der Waals surface area contributed by atoms with E-state index in [0.29, 0.717) is 36.8 Å². The number of hydrogen-bond acceptors (Lipinski definition) is 5. The van der Waals surface area contributed by atoms with Gasteiger partial charge in [0, 0.05) is 55.8 Å². The standard InChI is InChI=1S/C30H34ClN3O5S/c1-30(2,3)39-29(36)33-13-12-25(20-33)21-4-6-22(7-5-21)28(35)32-14-16-34(17-15-32)40(37,38)27-11-9-23-18-26(31)10-8-24(23)19-27/h4-11,18-19,25H,12-17,20H2,1-3H3. The molecular weight excluding hydrogens is 550 g/mol. The van der Waals surface area contributed by atoms with Gasteiger partial charge < -0.3 is 14.5 Å². The fourth-order valence-corrected chi connectivity index (χ4v) is 6.88. The zero-order chi connectivity index (χ0) is 28.7. The molecule has 0 saturated carbocycles. The van der Waals surface area contributed by atoms with Crippen molar-refractivity contribution in [3.8, 4) is 0 Å². The fourth-order valence-electron chi connectivity index (χ4n) is 5.24. The van der Waals surface area contributed by atoms with Crippen LogP contribution in [0.25, 0.3) is 10.8 Å². The third-order valence-corrected chi connectivity index (χ3v) is 9.54. The van der Waals surface area contributed by atoms with E-state index in [4.69, 9.17) is 16.3 Å². The molecule has 2 amide bonds. The molecule has 1 atom stereocenters. The van der Waals surface area contributed by atoms with Crippen molar-refractivity contribution in [1.82, 2.24) is 14.1 Å². The molecule has 3 aromatic carbocycles. The van der Waals surface area contributed by atoms with Gasteiger partial charge in [0.05, 0.1) is 4.90 Å². The summed E-state index contributed by atoms with van der Waals surface area (Å²) in [7, 11) is -3.69. The van der Waals surface area contributed by atoms with Gasteiger partial charge in [-0.25, -0.2) is 13.2 Å². The van der Waals surface area contributed by atoms with Gasteiger partial charge in [-0.2, -0.15) is 4.31 Å². The Morgan fingerprint density at radius 2 is 1.50 bits per heavy atom. The largest absolute Gasteiger partial charge is 0.444 e. The van der Waals surface area contributed by atoms with Crippen molar-refractivity contribution < 1.29 is 22.7 Å². The van der Waals surface area contributed by atoms with Crippen molar-refractivity contribution in [3.63, 3.8) is 0 Å².